The van der Waals surface area contributed by atoms with Crippen LogP contribution in [-0.2, 0) is 0 Å². The van der Waals surface area contributed by atoms with Crippen LogP contribution in [0.3, 0.4) is 0 Å². The molecule has 0 N–H and O–H groups in total. The molecule has 148 valence electrons. The summed E-state index contributed by atoms with van der Waals surface area (Å²) < 4.78 is 143. The van der Waals surface area contributed by atoms with E-state index in [2.05, 4.69) is 0 Å². The number of hydrogen-bond donors (Lipinski definition) is 0. The highest BCUT2D eigenvalue weighted by Crippen LogP contribution is 2.55. The van der Waals surface area contributed by atoms with E-state index in [0.717, 1.165) is 12.1 Å². The van der Waals surface area contributed by atoms with Gasteiger partial charge >= 0.3 is 30.1 Å². The van der Waals surface area contributed by atoms with Gasteiger partial charge in [-0.1, -0.05) is 29.8 Å². The fraction of sp³-hybridized carbons (Fsp3) is 0.500. The summed E-state index contributed by atoms with van der Waals surface area (Å²) in [5.74, 6) is -30.7. The quantitative estimate of drug-likeness (QED) is 0.446. The molecule has 0 aliphatic carbocycles. The summed E-state index contributed by atoms with van der Waals surface area (Å²) in [6.45, 7) is 1.44. The third-order valence-corrected chi connectivity index (χ3v) is 3.39. The van der Waals surface area contributed by atoms with Crippen molar-refractivity contribution in [3.05, 3.63) is 35.4 Å². The maximum atomic E-state index is 13.6. The van der Waals surface area contributed by atoms with Crippen LogP contribution in [0.1, 0.15) is 15.9 Å². The van der Waals surface area contributed by atoms with E-state index in [4.69, 9.17) is 0 Å². The van der Waals surface area contributed by atoms with Crippen LogP contribution in [0.15, 0.2) is 24.3 Å². The molecule has 0 saturated heterocycles. The Labute approximate surface area is 138 Å². The van der Waals surface area contributed by atoms with Gasteiger partial charge in [-0.3, -0.25) is 4.79 Å². The number of carbonyl (C=O) groups is 1. The number of aryl methyl sites for hydroxylation is 1. The van der Waals surface area contributed by atoms with Crippen LogP contribution < -0.4 is 0 Å². The number of alkyl halides is 11. The Kier molecular flexibility index (Phi) is 5.70. The average molecular weight is 402 g/mol. The predicted octanol–water partition coefficient (Wildman–Crippen LogP) is 5.32. The molecule has 12 heteroatoms. The molecule has 1 nitrogen and oxygen atoms in total. The molecule has 0 radical (unpaired) electrons. The Morgan fingerprint density at radius 2 is 1.15 bits per heavy atom. The zero-order valence-electron chi connectivity index (χ0n) is 12.5. The van der Waals surface area contributed by atoms with Crippen molar-refractivity contribution in [2.24, 2.45) is 0 Å². The molecule has 1 aromatic carbocycles. The van der Waals surface area contributed by atoms with Crippen LogP contribution in [-0.4, -0.2) is 42.1 Å². The van der Waals surface area contributed by atoms with Gasteiger partial charge in [-0.05, 0) is 6.92 Å². The fourth-order valence-corrected chi connectivity index (χ4v) is 1.74. The summed E-state index contributed by atoms with van der Waals surface area (Å²) >= 11 is 0. The van der Waals surface area contributed by atoms with Crippen LogP contribution in [0.25, 0.3) is 0 Å². The maximum Gasteiger partial charge on any atom is 0.384 e. The highest BCUT2D eigenvalue weighted by molar-refractivity contribution is 6.00. The monoisotopic (exact) mass is 402 g/mol. The van der Waals surface area contributed by atoms with Crippen LogP contribution in [0, 0.1) is 6.92 Å². The SMILES string of the molecule is Cc1ccc(C(=O)C(F)C(F)(F)C(F)(F)C(F)(F)C(F)(F)C(F)F)cc1. The molecule has 1 atom stereocenters. The molecule has 1 unspecified atom stereocenters. The molecule has 0 heterocycles. The fourth-order valence-electron chi connectivity index (χ4n) is 1.74. The van der Waals surface area contributed by atoms with Gasteiger partial charge in [0.05, 0.1) is 0 Å². The van der Waals surface area contributed by atoms with E-state index in [-0.39, 0.29) is 0 Å². The molecule has 0 spiro atoms. The van der Waals surface area contributed by atoms with Crippen molar-refractivity contribution in [3.8, 4) is 0 Å². The molecule has 0 amide bonds. The lowest BCUT2D eigenvalue weighted by molar-refractivity contribution is -0.388. The molecule has 0 saturated carbocycles. The first-order valence-corrected chi connectivity index (χ1v) is 6.56. The third-order valence-electron chi connectivity index (χ3n) is 3.39. The van der Waals surface area contributed by atoms with Crippen molar-refractivity contribution in [1.29, 1.82) is 0 Å². The molecule has 0 aliphatic rings. The first kappa shape index (κ1) is 22.2. The van der Waals surface area contributed by atoms with Crippen LogP contribution in [0.2, 0.25) is 0 Å². The van der Waals surface area contributed by atoms with Crippen LogP contribution in [0.5, 0.6) is 0 Å². The summed E-state index contributed by atoms with van der Waals surface area (Å²) in [5.41, 5.74) is -0.514. The molecule has 1 aromatic rings. The molecular weight excluding hydrogens is 393 g/mol. The van der Waals surface area contributed by atoms with Gasteiger partial charge < -0.3 is 0 Å². The van der Waals surface area contributed by atoms with Gasteiger partial charge in [0.1, 0.15) is 0 Å². The lowest BCUT2D eigenvalue weighted by Gasteiger charge is -2.37. The van der Waals surface area contributed by atoms with Crippen molar-refractivity contribution >= 4 is 5.78 Å². The van der Waals surface area contributed by atoms with Crippen LogP contribution >= 0.6 is 0 Å². The Morgan fingerprint density at radius 1 is 0.769 bits per heavy atom. The molecule has 0 aliphatic heterocycles. The lowest BCUT2D eigenvalue weighted by atomic mass is 9.92. The Balaban J connectivity index is 3.32. The Morgan fingerprint density at radius 3 is 1.54 bits per heavy atom. The number of rotatable bonds is 7. The highest BCUT2D eigenvalue weighted by atomic mass is 19.4. The Bertz CT molecular complexity index is 651. The van der Waals surface area contributed by atoms with E-state index in [0.29, 0.717) is 17.7 Å². The smallest absolute Gasteiger partial charge is 0.291 e. The van der Waals surface area contributed by atoms with Crippen molar-refractivity contribution in [1.82, 2.24) is 0 Å². The molecule has 1 rings (SSSR count). The second-order valence-electron chi connectivity index (χ2n) is 5.29. The van der Waals surface area contributed by atoms with E-state index >= 15 is 0 Å². The van der Waals surface area contributed by atoms with Gasteiger partial charge in [0.2, 0.25) is 12.0 Å². The minimum atomic E-state index is -7.35. The van der Waals surface area contributed by atoms with Gasteiger partial charge in [0.25, 0.3) is 0 Å². The minimum Gasteiger partial charge on any atom is -0.291 e. The summed E-state index contributed by atoms with van der Waals surface area (Å²) in [7, 11) is 0. The zero-order chi connectivity index (χ0) is 20.7. The number of ketones is 1. The van der Waals surface area contributed by atoms with E-state index in [1.807, 2.05) is 0 Å². The van der Waals surface area contributed by atoms with Crippen molar-refractivity contribution < 1.29 is 53.1 Å². The van der Waals surface area contributed by atoms with E-state index in [9.17, 15) is 53.1 Å². The van der Waals surface area contributed by atoms with Gasteiger partial charge in [-0.15, -0.1) is 0 Å². The first-order chi connectivity index (χ1) is 11.5. The number of Topliss-reactive ketones (excluding diaryl/α,β-unsaturated/α-hetero) is 1. The number of hydrogen-bond acceptors (Lipinski definition) is 1. The molecule has 26 heavy (non-hydrogen) atoms. The summed E-state index contributed by atoms with van der Waals surface area (Å²) in [4.78, 5) is 11.5. The third kappa shape index (κ3) is 3.25. The maximum absolute atomic E-state index is 13.6. The van der Waals surface area contributed by atoms with Crippen molar-refractivity contribution in [2.45, 2.75) is 43.2 Å². The zero-order valence-corrected chi connectivity index (χ0v) is 12.5. The standard InChI is InChI=1S/C14H9F11O/c1-6-2-4-7(5-3-6)8(26)9(15)11(18,19)13(22,23)14(24,25)12(20,21)10(16)17/h2-5,9-10H,1H3. The molecule has 0 bridgehead atoms. The van der Waals surface area contributed by atoms with E-state index in [1.54, 1.807) is 0 Å². The topological polar surface area (TPSA) is 17.1 Å². The van der Waals surface area contributed by atoms with Gasteiger partial charge in [-0.2, -0.15) is 35.1 Å². The first-order valence-electron chi connectivity index (χ1n) is 6.56. The van der Waals surface area contributed by atoms with Gasteiger partial charge in [0, 0.05) is 5.56 Å². The number of carbonyl (C=O) groups excluding carboxylic acids is 1. The predicted molar refractivity (Wildman–Crippen MR) is 66.2 cm³/mol. The van der Waals surface area contributed by atoms with Crippen LogP contribution in [0.4, 0.5) is 48.3 Å². The number of benzene rings is 1. The van der Waals surface area contributed by atoms with Gasteiger partial charge in [-0.25, -0.2) is 13.2 Å². The second-order valence-corrected chi connectivity index (χ2v) is 5.29. The molecule has 0 fully saturated rings. The largest absolute Gasteiger partial charge is 0.384 e. The highest BCUT2D eigenvalue weighted by Gasteiger charge is 2.84. The Hall–Kier alpha value is -1.88. The number of halogens is 11. The van der Waals surface area contributed by atoms with E-state index in [1.165, 1.54) is 6.92 Å². The average Bonchev–Trinajstić information content (AvgIpc) is 2.53. The summed E-state index contributed by atoms with van der Waals surface area (Å²) in [6, 6.07) is 3.53. The van der Waals surface area contributed by atoms with E-state index < -0.39 is 47.6 Å². The van der Waals surface area contributed by atoms with Crippen molar-refractivity contribution in [3.63, 3.8) is 0 Å². The lowest BCUT2D eigenvalue weighted by Crippen LogP contribution is -2.67. The van der Waals surface area contributed by atoms with Gasteiger partial charge in [0.15, 0.2) is 0 Å². The second kappa shape index (κ2) is 6.69. The minimum absolute atomic E-state index is 0.428. The molecule has 0 aromatic heterocycles. The normalized spacial score (nSPS) is 15.3. The summed E-state index contributed by atoms with van der Waals surface area (Å²) in [5, 5.41) is 0. The summed E-state index contributed by atoms with van der Waals surface area (Å²) in [6.07, 6.45) is -10.1. The molecular formula is C14H9F11O. The van der Waals surface area contributed by atoms with Crippen molar-refractivity contribution in [2.75, 3.05) is 0 Å².